The Morgan fingerprint density at radius 1 is 1.00 bits per heavy atom. The number of esters is 1. The second kappa shape index (κ2) is 18.7. The number of aliphatic carboxylic acids is 2. The molecule has 1 aliphatic carbocycles. The van der Waals surface area contributed by atoms with Crippen LogP contribution in [0, 0.1) is 0 Å². The van der Waals surface area contributed by atoms with Gasteiger partial charge in [-0.05, 0) is 68.9 Å². The summed E-state index contributed by atoms with van der Waals surface area (Å²) in [5, 5.41) is 28.7. The third-order valence-corrected chi connectivity index (χ3v) is 7.48. The Kier molecular flexibility index (Phi) is 15.5. The number of carboxylic acids is 3. The Hall–Kier alpha value is -4.17. The molecule has 1 aliphatic heterocycles. The van der Waals surface area contributed by atoms with Gasteiger partial charge < -0.3 is 39.6 Å². The molecule has 46 heavy (non-hydrogen) atoms. The lowest BCUT2D eigenvalue weighted by Gasteiger charge is -2.16. The van der Waals surface area contributed by atoms with Crippen LogP contribution in [-0.4, -0.2) is 81.6 Å². The molecule has 2 atom stereocenters. The van der Waals surface area contributed by atoms with Crippen molar-refractivity contribution in [3.63, 3.8) is 0 Å². The third-order valence-electron chi connectivity index (χ3n) is 6.63. The van der Waals surface area contributed by atoms with Gasteiger partial charge in [0.25, 0.3) is 5.91 Å². The third kappa shape index (κ3) is 13.4. The minimum atomic E-state index is -1.07. The summed E-state index contributed by atoms with van der Waals surface area (Å²) in [5.74, 6) is -3.52. The zero-order valence-corrected chi connectivity index (χ0v) is 27.5. The van der Waals surface area contributed by atoms with Crippen LogP contribution in [0.5, 0.6) is 11.5 Å². The molecule has 2 unspecified atom stereocenters. The molecule has 0 radical (unpaired) electrons. The molecule has 2 aromatic carbocycles. The summed E-state index contributed by atoms with van der Waals surface area (Å²) in [6.45, 7) is 3.60. The molecule has 1 saturated carbocycles. The molecule has 13 nitrogen and oxygen atoms in total. The van der Waals surface area contributed by atoms with Crippen LogP contribution in [0.4, 0.5) is 0 Å². The van der Waals surface area contributed by atoms with E-state index in [1.165, 1.54) is 25.0 Å². The van der Waals surface area contributed by atoms with Gasteiger partial charge in [-0.1, -0.05) is 34.1 Å². The van der Waals surface area contributed by atoms with Gasteiger partial charge in [0.05, 0.1) is 25.2 Å². The fourth-order valence-electron chi connectivity index (χ4n) is 4.39. The Morgan fingerprint density at radius 3 is 2.17 bits per heavy atom. The fraction of sp³-hybridized carbons (Fsp3) is 0.469. The number of cyclic esters (lactones) is 1. The van der Waals surface area contributed by atoms with Crippen molar-refractivity contribution in [2.24, 2.45) is 0 Å². The van der Waals surface area contributed by atoms with Crippen molar-refractivity contribution < 1.29 is 58.2 Å². The first-order valence-corrected chi connectivity index (χ1v) is 15.5. The molecule has 14 heteroatoms. The fourth-order valence-corrected chi connectivity index (χ4v) is 4.72. The summed E-state index contributed by atoms with van der Waals surface area (Å²) in [6, 6.07) is 13.6. The number of nitrogens with one attached hydrogen (secondary N) is 1. The van der Waals surface area contributed by atoms with Gasteiger partial charge >= 0.3 is 23.9 Å². The minimum Gasteiger partial charge on any atom is -0.493 e. The number of methoxy groups -OCH3 is 1. The number of halogens is 1. The standard InChI is InChI=1S/C13H16O4.C12H14BrNO3.C7H10O5/c1-16-11-7-6-9(13(14)15)8-12(11)17-10-4-2-3-5-10;13-10(12(16)17)7-4-8-14-11(15)9-5-2-1-3-6-9;1-7(2)11-4(3-5(8)9)6(10)12-7/h6-8,10H,2-5H2,1H3,(H,14,15);1-3,5-6,10H,4,7-8H2,(H,14,15)(H,16,17);4H,3H2,1-2H3,(H,8,9). The molecule has 2 aromatic rings. The van der Waals surface area contributed by atoms with Crippen molar-refractivity contribution in [2.45, 2.75) is 81.6 Å². The molecule has 252 valence electrons. The maximum atomic E-state index is 11.6. The topological polar surface area (TPSA) is 195 Å². The molecule has 2 fully saturated rings. The van der Waals surface area contributed by atoms with Gasteiger partial charge in [-0.3, -0.25) is 14.4 Å². The zero-order chi connectivity index (χ0) is 34.3. The minimum absolute atomic E-state index is 0.132. The van der Waals surface area contributed by atoms with E-state index in [9.17, 15) is 24.0 Å². The van der Waals surface area contributed by atoms with Crippen molar-refractivity contribution in [3.05, 3.63) is 59.7 Å². The van der Waals surface area contributed by atoms with Gasteiger partial charge in [0, 0.05) is 26.0 Å². The number of hydrogen-bond donors (Lipinski definition) is 4. The van der Waals surface area contributed by atoms with Gasteiger partial charge in [-0.2, -0.15) is 0 Å². The molecule has 1 heterocycles. The Labute approximate surface area is 275 Å². The Bertz CT molecular complexity index is 1330. The van der Waals surface area contributed by atoms with Crippen molar-refractivity contribution in [3.8, 4) is 11.5 Å². The number of ether oxygens (including phenoxy) is 4. The molecule has 1 saturated heterocycles. The summed E-state index contributed by atoms with van der Waals surface area (Å²) in [6.07, 6.45) is 4.40. The van der Waals surface area contributed by atoms with Gasteiger partial charge in [0.15, 0.2) is 17.6 Å². The number of aromatic carboxylic acids is 1. The highest BCUT2D eigenvalue weighted by Crippen LogP contribution is 2.32. The number of amides is 1. The maximum absolute atomic E-state index is 11.6. The zero-order valence-electron chi connectivity index (χ0n) is 25.9. The predicted octanol–water partition coefficient (Wildman–Crippen LogP) is 4.90. The number of carbonyl (C=O) groups is 5. The van der Waals surface area contributed by atoms with E-state index in [-0.39, 0.29) is 24.0 Å². The summed E-state index contributed by atoms with van der Waals surface area (Å²) in [5.41, 5.74) is 0.833. The normalized spacial score (nSPS) is 17.2. The average molecular weight is 711 g/mol. The van der Waals surface area contributed by atoms with Crippen LogP contribution in [0.25, 0.3) is 0 Å². The average Bonchev–Trinajstić information content (AvgIpc) is 3.61. The van der Waals surface area contributed by atoms with E-state index in [1.807, 2.05) is 6.07 Å². The van der Waals surface area contributed by atoms with Gasteiger partial charge in [0.2, 0.25) is 5.79 Å². The summed E-state index contributed by atoms with van der Waals surface area (Å²) in [7, 11) is 1.55. The second-order valence-corrected chi connectivity index (χ2v) is 11.9. The lowest BCUT2D eigenvalue weighted by Crippen LogP contribution is -2.25. The van der Waals surface area contributed by atoms with E-state index in [1.54, 1.807) is 51.3 Å². The number of alkyl halides is 1. The maximum Gasteiger partial charge on any atom is 0.338 e. The van der Waals surface area contributed by atoms with Gasteiger partial charge in [-0.15, -0.1) is 0 Å². The number of rotatable bonds is 12. The van der Waals surface area contributed by atoms with Crippen LogP contribution in [0.2, 0.25) is 0 Å². The number of carboxylic acid groups (broad SMARTS) is 3. The SMILES string of the molecule is CC1(C)OC(=O)C(CC(=O)O)O1.COc1ccc(C(=O)O)cc1OC1CCCC1.O=C(NCCCC(Br)C(=O)O)c1ccccc1. The molecular formula is C32H40BrNO12. The van der Waals surface area contributed by atoms with Crippen LogP contribution in [0.1, 0.15) is 79.5 Å². The summed E-state index contributed by atoms with van der Waals surface area (Å²) < 4.78 is 20.7. The number of hydrogen-bond acceptors (Lipinski definition) is 9. The van der Waals surface area contributed by atoms with Crippen LogP contribution in [0.3, 0.4) is 0 Å². The van der Waals surface area contributed by atoms with E-state index >= 15 is 0 Å². The first kappa shape index (κ1) is 38.0. The molecular weight excluding hydrogens is 670 g/mol. The molecule has 0 aromatic heterocycles. The quantitative estimate of drug-likeness (QED) is 0.132. The first-order chi connectivity index (χ1) is 21.7. The lowest BCUT2D eigenvalue weighted by molar-refractivity contribution is -0.161. The van der Waals surface area contributed by atoms with E-state index in [4.69, 9.17) is 34.3 Å². The van der Waals surface area contributed by atoms with E-state index in [0.29, 0.717) is 36.4 Å². The monoisotopic (exact) mass is 709 g/mol. The summed E-state index contributed by atoms with van der Waals surface area (Å²) >= 11 is 3.04. The van der Waals surface area contributed by atoms with Crippen molar-refractivity contribution in [2.75, 3.05) is 13.7 Å². The van der Waals surface area contributed by atoms with Crippen molar-refractivity contribution in [1.29, 1.82) is 0 Å². The first-order valence-electron chi connectivity index (χ1n) is 14.6. The smallest absolute Gasteiger partial charge is 0.338 e. The van der Waals surface area contributed by atoms with Crippen LogP contribution < -0.4 is 14.8 Å². The molecule has 4 rings (SSSR count). The predicted molar refractivity (Wildman–Crippen MR) is 168 cm³/mol. The second-order valence-electron chi connectivity index (χ2n) is 10.8. The highest BCUT2D eigenvalue weighted by Gasteiger charge is 2.41. The summed E-state index contributed by atoms with van der Waals surface area (Å²) in [4.78, 5) is 53.6. The molecule has 2 aliphatic rings. The van der Waals surface area contributed by atoms with Gasteiger partial charge in [0.1, 0.15) is 4.83 Å². The highest BCUT2D eigenvalue weighted by atomic mass is 79.9. The Balaban J connectivity index is 0.000000244. The number of benzene rings is 2. The Morgan fingerprint density at radius 2 is 1.65 bits per heavy atom. The van der Waals surface area contributed by atoms with E-state index in [2.05, 4.69) is 21.2 Å². The van der Waals surface area contributed by atoms with E-state index < -0.39 is 40.6 Å². The molecule has 0 bridgehead atoms. The molecule has 4 N–H and O–H groups in total. The largest absolute Gasteiger partial charge is 0.493 e. The number of carbonyl (C=O) groups excluding carboxylic acids is 2. The van der Waals surface area contributed by atoms with Crippen LogP contribution >= 0.6 is 15.9 Å². The van der Waals surface area contributed by atoms with Gasteiger partial charge in [-0.25, -0.2) is 9.59 Å². The molecule has 0 spiro atoms. The van der Waals surface area contributed by atoms with Crippen LogP contribution in [-0.2, 0) is 23.9 Å². The highest BCUT2D eigenvalue weighted by molar-refractivity contribution is 9.10. The lowest BCUT2D eigenvalue weighted by atomic mass is 10.2. The van der Waals surface area contributed by atoms with Crippen LogP contribution in [0.15, 0.2) is 48.5 Å². The molecule has 1 amide bonds. The van der Waals surface area contributed by atoms with Crippen molar-refractivity contribution >= 4 is 45.7 Å². The van der Waals surface area contributed by atoms with Crippen molar-refractivity contribution in [1.82, 2.24) is 5.32 Å². The van der Waals surface area contributed by atoms with E-state index in [0.717, 1.165) is 12.8 Å².